The molecule has 1 unspecified atom stereocenters. The van der Waals surface area contributed by atoms with Gasteiger partial charge in [-0.1, -0.05) is 17.7 Å². The second kappa shape index (κ2) is 9.89. The van der Waals surface area contributed by atoms with Gasteiger partial charge in [0.2, 0.25) is 0 Å². The molecule has 0 saturated carbocycles. The van der Waals surface area contributed by atoms with Gasteiger partial charge in [-0.15, -0.1) is 11.8 Å². The van der Waals surface area contributed by atoms with Gasteiger partial charge >= 0.3 is 12.0 Å². The molecule has 3 amide bonds. The Labute approximate surface area is 140 Å². The van der Waals surface area contributed by atoms with Crippen molar-refractivity contribution in [2.75, 3.05) is 12.3 Å². The van der Waals surface area contributed by atoms with E-state index in [1.165, 1.54) is 12.5 Å². The Hall–Kier alpha value is -2.02. The molecular weight excluding hydrogens is 316 g/mol. The number of ether oxygens (including phenoxy) is 1. The van der Waals surface area contributed by atoms with Crippen molar-refractivity contribution in [1.82, 2.24) is 10.6 Å². The maximum Gasteiger partial charge on any atom is 0.321 e. The molecule has 0 aromatic heterocycles. The smallest absolute Gasteiger partial charge is 0.321 e. The van der Waals surface area contributed by atoms with Gasteiger partial charge in [0.25, 0.3) is 5.91 Å². The lowest BCUT2D eigenvalue weighted by molar-refractivity contribution is -0.154. The molecule has 1 aromatic rings. The number of thioether (sulfide) groups is 1. The Bertz CT molecular complexity index is 546. The Morgan fingerprint density at radius 2 is 1.87 bits per heavy atom. The molecule has 1 atom stereocenters. The summed E-state index contributed by atoms with van der Waals surface area (Å²) in [6.07, 6.45) is -0.813. The van der Waals surface area contributed by atoms with Crippen LogP contribution in [-0.4, -0.2) is 36.3 Å². The number of hydrogen-bond acceptors (Lipinski definition) is 5. The second-order valence-electron chi connectivity index (χ2n) is 4.89. The highest BCUT2D eigenvalue weighted by Crippen LogP contribution is 2.19. The van der Waals surface area contributed by atoms with Crippen molar-refractivity contribution in [3.8, 4) is 0 Å². The number of imide groups is 1. The molecule has 0 heterocycles. The summed E-state index contributed by atoms with van der Waals surface area (Å²) in [6.45, 7) is 5.58. The number of hydrogen-bond donors (Lipinski definition) is 2. The summed E-state index contributed by atoms with van der Waals surface area (Å²) in [6, 6.07) is 7.40. The summed E-state index contributed by atoms with van der Waals surface area (Å²) in [5.74, 6) is -0.550. The Kier molecular flexibility index (Phi) is 8.18. The Morgan fingerprint density at radius 3 is 2.48 bits per heavy atom. The third-order valence-corrected chi connectivity index (χ3v) is 3.86. The molecule has 0 spiro atoms. The molecular formula is C16H22N2O4S. The highest BCUT2D eigenvalue weighted by atomic mass is 32.2. The highest BCUT2D eigenvalue weighted by molar-refractivity contribution is 7.99. The number of benzene rings is 1. The number of urea groups is 1. The number of amides is 3. The molecule has 0 fully saturated rings. The van der Waals surface area contributed by atoms with Crippen molar-refractivity contribution in [2.24, 2.45) is 0 Å². The standard InChI is InChI=1S/C16H22N2O4S/c1-4-17-16(21)18-15(20)12(3)22-14(19)9-10-23-13-7-5-11(2)6-8-13/h5-8,12H,4,9-10H2,1-3H3,(H2,17,18,20,21). The van der Waals surface area contributed by atoms with Crippen molar-refractivity contribution in [1.29, 1.82) is 0 Å². The van der Waals surface area contributed by atoms with Gasteiger partial charge in [0.1, 0.15) is 0 Å². The number of carbonyl (C=O) groups is 3. The molecule has 0 aliphatic rings. The van der Waals surface area contributed by atoms with Crippen LogP contribution in [0.3, 0.4) is 0 Å². The number of aryl methyl sites for hydroxylation is 1. The van der Waals surface area contributed by atoms with Crippen molar-refractivity contribution in [3.05, 3.63) is 29.8 Å². The molecule has 6 nitrogen and oxygen atoms in total. The first-order valence-corrected chi connectivity index (χ1v) is 8.38. The third kappa shape index (κ3) is 7.69. The largest absolute Gasteiger partial charge is 0.453 e. The minimum absolute atomic E-state index is 0.192. The molecule has 2 N–H and O–H groups in total. The first-order chi connectivity index (χ1) is 10.9. The maximum atomic E-state index is 11.7. The zero-order valence-electron chi connectivity index (χ0n) is 13.5. The summed E-state index contributed by atoms with van der Waals surface area (Å²) >= 11 is 1.54. The van der Waals surface area contributed by atoms with E-state index in [-0.39, 0.29) is 6.42 Å². The maximum absolute atomic E-state index is 11.7. The van der Waals surface area contributed by atoms with E-state index in [1.807, 2.05) is 31.2 Å². The number of rotatable bonds is 7. The van der Waals surface area contributed by atoms with E-state index in [9.17, 15) is 14.4 Å². The fourth-order valence-electron chi connectivity index (χ4n) is 1.61. The average Bonchev–Trinajstić information content (AvgIpc) is 2.49. The van der Waals surface area contributed by atoms with Crippen molar-refractivity contribution >= 4 is 29.7 Å². The average molecular weight is 338 g/mol. The van der Waals surface area contributed by atoms with Crippen LogP contribution in [-0.2, 0) is 14.3 Å². The molecule has 23 heavy (non-hydrogen) atoms. The van der Waals surface area contributed by atoms with Crippen LogP contribution in [0.15, 0.2) is 29.2 Å². The number of esters is 1. The van der Waals surface area contributed by atoms with Crippen molar-refractivity contribution < 1.29 is 19.1 Å². The molecule has 1 rings (SSSR count). The molecule has 1 aromatic carbocycles. The zero-order valence-corrected chi connectivity index (χ0v) is 14.4. The van der Waals surface area contributed by atoms with Gasteiger partial charge in [0.05, 0.1) is 6.42 Å². The van der Waals surface area contributed by atoms with Crippen LogP contribution in [0.2, 0.25) is 0 Å². The van der Waals surface area contributed by atoms with Crippen molar-refractivity contribution in [2.45, 2.75) is 38.2 Å². The quantitative estimate of drug-likeness (QED) is 0.588. The molecule has 126 valence electrons. The van der Waals surface area contributed by atoms with Crippen LogP contribution >= 0.6 is 11.8 Å². The lowest BCUT2D eigenvalue weighted by Crippen LogP contribution is -2.44. The van der Waals surface area contributed by atoms with Crippen LogP contribution in [0, 0.1) is 6.92 Å². The van der Waals surface area contributed by atoms with E-state index in [2.05, 4.69) is 10.6 Å². The molecule has 0 bridgehead atoms. The second-order valence-corrected chi connectivity index (χ2v) is 6.06. The molecule has 0 aliphatic carbocycles. The van der Waals surface area contributed by atoms with Crippen LogP contribution in [0.4, 0.5) is 4.79 Å². The van der Waals surface area contributed by atoms with Gasteiger partial charge in [-0.3, -0.25) is 14.9 Å². The summed E-state index contributed by atoms with van der Waals surface area (Å²) in [5.41, 5.74) is 1.18. The number of carbonyl (C=O) groups excluding carboxylic acids is 3. The van der Waals surface area contributed by atoms with Gasteiger partial charge < -0.3 is 10.1 Å². The van der Waals surface area contributed by atoms with E-state index in [1.54, 1.807) is 18.7 Å². The van der Waals surface area contributed by atoms with Gasteiger partial charge in [-0.05, 0) is 32.9 Å². The van der Waals surface area contributed by atoms with E-state index < -0.39 is 24.0 Å². The van der Waals surface area contributed by atoms with Gasteiger partial charge in [-0.25, -0.2) is 4.79 Å². The molecule has 7 heteroatoms. The minimum Gasteiger partial charge on any atom is -0.453 e. The van der Waals surface area contributed by atoms with Crippen LogP contribution in [0.25, 0.3) is 0 Å². The van der Waals surface area contributed by atoms with Crippen LogP contribution < -0.4 is 10.6 Å². The van der Waals surface area contributed by atoms with E-state index in [4.69, 9.17) is 4.74 Å². The summed E-state index contributed by atoms with van der Waals surface area (Å²) in [7, 11) is 0. The topological polar surface area (TPSA) is 84.5 Å². The van der Waals surface area contributed by atoms with Crippen LogP contribution in [0.5, 0.6) is 0 Å². The molecule has 0 radical (unpaired) electrons. The lowest BCUT2D eigenvalue weighted by Gasteiger charge is -2.13. The first kappa shape index (κ1) is 19.0. The summed E-state index contributed by atoms with van der Waals surface area (Å²) in [4.78, 5) is 35.6. The highest BCUT2D eigenvalue weighted by Gasteiger charge is 2.19. The fourth-order valence-corrected chi connectivity index (χ4v) is 2.45. The SMILES string of the molecule is CCNC(=O)NC(=O)C(C)OC(=O)CCSc1ccc(C)cc1. The molecule has 0 aliphatic heterocycles. The van der Waals surface area contributed by atoms with E-state index >= 15 is 0 Å². The van der Waals surface area contributed by atoms with Gasteiger partial charge in [-0.2, -0.15) is 0 Å². The predicted octanol–water partition coefficient (Wildman–Crippen LogP) is 2.25. The monoisotopic (exact) mass is 338 g/mol. The van der Waals surface area contributed by atoms with E-state index in [0.29, 0.717) is 12.3 Å². The minimum atomic E-state index is -1.01. The number of nitrogens with one attached hydrogen (secondary N) is 2. The summed E-state index contributed by atoms with van der Waals surface area (Å²) < 4.78 is 5.00. The zero-order chi connectivity index (χ0) is 17.2. The van der Waals surface area contributed by atoms with E-state index in [0.717, 1.165) is 4.90 Å². The molecule has 0 saturated heterocycles. The predicted molar refractivity (Wildman–Crippen MR) is 89.3 cm³/mol. The summed E-state index contributed by atoms with van der Waals surface area (Å²) in [5, 5.41) is 4.53. The Morgan fingerprint density at radius 1 is 1.22 bits per heavy atom. The Balaban J connectivity index is 2.28. The normalized spacial score (nSPS) is 11.4. The van der Waals surface area contributed by atoms with Gasteiger partial charge in [0.15, 0.2) is 6.10 Å². The fraction of sp³-hybridized carbons (Fsp3) is 0.438. The lowest BCUT2D eigenvalue weighted by atomic mass is 10.2. The van der Waals surface area contributed by atoms with Crippen LogP contribution in [0.1, 0.15) is 25.8 Å². The first-order valence-electron chi connectivity index (χ1n) is 7.40. The van der Waals surface area contributed by atoms with Gasteiger partial charge in [0, 0.05) is 17.2 Å². The third-order valence-electron chi connectivity index (χ3n) is 2.85. The van der Waals surface area contributed by atoms with Crippen molar-refractivity contribution in [3.63, 3.8) is 0 Å².